The highest BCUT2D eigenvalue weighted by molar-refractivity contribution is 5.24. The van der Waals surface area contributed by atoms with Crippen molar-refractivity contribution in [2.45, 2.75) is 20.8 Å². The molecule has 0 aliphatic carbocycles. The van der Waals surface area contributed by atoms with Crippen LogP contribution in [0.5, 0.6) is 0 Å². The van der Waals surface area contributed by atoms with Crippen molar-refractivity contribution in [3.05, 3.63) is 24.0 Å². The molecule has 0 spiro atoms. The molecule has 2 heteroatoms. The first-order valence-corrected chi connectivity index (χ1v) is 3.64. The molecule has 1 aromatic heterocycles. The highest BCUT2D eigenvalue weighted by Crippen LogP contribution is 1.84. The molecule has 0 unspecified atom stereocenters. The molecule has 0 amide bonds. The lowest BCUT2D eigenvalue weighted by Gasteiger charge is -1.81. The number of rotatable bonds is 0. The van der Waals surface area contributed by atoms with E-state index >= 15 is 0 Å². The van der Waals surface area contributed by atoms with Crippen LogP contribution in [0.15, 0.2) is 18.3 Å². The van der Waals surface area contributed by atoms with Gasteiger partial charge in [-0.3, -0.25) is 0 Å². The maximum atomic E-state index is 3.74. The molecule has 0 atom stereocenters. The summed E-state index contributed by atoms with van der Waals surface area (Å²) < 4.78 is 0. The Morgan fingerprint density at radius 2 is 2.09 bits per heavy atom. The van der Waals surface area contributed by atoms with Crippen LogP contribution in [0.4, 0.5) is 0 Å². The Balaban J connectivity index is 0.000000461. The third kappa shape index (κ3) is 4.10. The van der Waals surface area contributed by atoms with Crippen molar-refractivity contribution in [1.82, 2.24) is 10.2 Å². The van der Waals surface area contributed by atoms with Gasteiger partial charge in [0.15, 0.2) is 0 Å². The van der Waals surface area contributed by atoms with Crippen LogP contribution in [0.25, 0.3) is 0 Å². The lowest BCUT2D eigenvalue weighted by atomic mass is 10.4. The fraction of sp³-hybridized carbons (Fsp3) is 0.333. The van der Waals surface area contributed by atoms with Crippen LogP contribution in [0.2, 0.25) is 0 Å². The molecule has 0 fully saturated rings. The van der Waals surface area contributed by atoms with Crippen LogP contribution in [0.3, 0.4) is 0 Å². The maximum absolute atomic E-state index is 3.74. The van der Waals surface area contributed by atoms with E-state index in [2.05, 4.69) is 22.0 Å². The fourth-order valence-corrected chi connectivity index (χ4v) is 0.496. The predicted octanol–water partition coefficient (Wildman–Crippen LogP) is 1.87. The van der Waals surface area contributed by atoms with Gasteiger partial charge in [-0.05, 0) is 25.0 Å². The quantitative estimate of drug-likeness (QED) is 0.525. The Hall–Kier alpha value is -1.36. The van der Waals surface area contributed by atoms with Crippen molar-refractivity contribution in [3.63, 3.8) is 0 Å². The lowest BCUT2D eigenvalue weighted by molar-refractivity contribution is 1.01. The Morgan fingerprint density at radius 3 is 2.55 bits per heavy atom. The topological polar surface area (TPSA) is 25.8 Å². The van der Waals surface area contributed by atoms with Gasteiger partial charge >= 0.3 is 0 Å². The SMILES string of the molecule is CC.CC#Cc1cccnn1. The molecule has 1 aromatic rings. The maximum Gasteiger partial charge on any atom is 0.135 e. The summed E-state index contributed by atoms with van der Waals surface area (Å²) in [4.78, 5) is 0. The zero-order valence-electron chi connectivity index (χ0n) is 7.13. The van der Waals surface area contributed by atoms with Gasteiger partial charge in [0.25, 0.3) is 0 Å². The summed E-state index contributed by atoms with van der Waals surface area (Å²) in [5.74, 6) is 5.52. The average Bonchev–Trinajstić information content (AvgIpc) is 2.11. The number of hydrogen-bond donors (Lipinski definition) is 0. The highest BCUT2D eigenvalue weighted by atomic mass is 15.1. The monoisotopic (exact) mass is 148 g/mol. The van der Waals surface area contributed by atoms with Gasteiger partial charge in [-0.2, -0.15) is 5.10 Å². The molecule has 1 rings (SSSR count). The largest absolute Gasteiger partial charge is 0.158 e. The van der Waals surface area contributed by atoms with E-state index < -0.39 is 0 Å². The van der Waals surface area contributed by atoms with E-state index in [9.17, 15) is 0 Å². The van der Waals surface area contributed by atoms with E-state index in [0.717, 1.165) is 5.69 Å². The van der Waals surface area contributed by atoms with Gasteiger partial charge < -0.3 is 0 Å². The summed E-state index contributed by atoms with van der Waals surface area (Å²) in [5, 5.41) is 7.40. The van der Waals surface area contributed by atoms with E-state index in [-0.39, 0.29) is 0 Å². The molecule has 0 bridgehead atoms. The molecular weight excluding hydrogens is 136 g/mol. The molecule has 0 aromatic carbocycles. The number of hydrogen-bond acceptors (Lipinski definition) is 2. The Bertz CT molecular complexity index is 231. The first kappa shape index (κ1) is 9.64. The number of nitrogens with zero attached hydrogens (tertiary/aromatic N) is 2. The van der Waals surface area contributed by atoms with Crippen molar-refractivity contribution in [3.8, 4) is 11.8 Å². The van der Waals surface area contributed by atoms with Gasteiger partial charge in [-0.25, -0.2) is 0 Å². The minimum atomic E-state index is 0.722. The predicted molar refractivity (Wildman–Crippen MR) is 45.9 cm³/mol. The second kappa shape index (κ2) is 6.76. The Labute approximate surface area is 67.7 Å². The molecule has 0 aliphatic rings. The van der Waals surface area contributed by atoms with Crippen LogP contribution >= 0.6 is 0 Å². The summed E-state index contributed by atoms with van der Waals surface area (Å²) in [5.41, 5.74) is 0.722. The smallest absolute Gasteiger partial charge is 0.135 e. The molecule has 0 saturated heterocycles. The van der Waals surface area contributed by atoms with Gasteiger partial charge in [0.1, 0.15) is 5.69 Å². The van der Waals surface area contributed by atoms with E-state index in [0.29, 0.717) is 0 Å². The fourth-order valence-electron chi connectivity index (χ4n) is 0.496. The normalized spacial score (nSPS) is 6.82. The van der Waals surface area contributed by atoms with Gasteiger partial charge in [-0.1, -0.05) is 19.8 Å². The average molecular weight is 148 g/mol. The van der Waals surface area contributed by atoms with Gasteiger partial charge in [0.05, 0.1) is 0 Å². The van der Waals surface area contributed by atoms with Gasteiger partial charge in [0, 0.05) is 6.20 Å². The van der Waals surface area contributed by atoms with E-state index in [1.165, 1.54) is 0 Å². The van der Waals surface area contributed by atoms with Crippen molar-refractivity contribution < 1.29 is 0 Å². The zero-order chi connectivity index (χ0) is 8.53. The van der Waals surface area contributed by atoms with Crippen LogP contribution in [0.1, 0.15) is 26.5 Å². The van der Waals surface area contributed by atoms with Crippen LogP contribution < -0.4 is 0 Å². The van der Waals surface area contributed by atoms with Crippen LogP contribution in [0, 0.1) is 11.8 Å². The minimum absolute atomic E-state index is 0.722. The third-order valence-corrected chi connectivity index (χ3v) is 0.825. The number of aromatic nitrogens is 2. The van der Waals surface area contributed by atoms with Crippen molar-refractivity contribution in [2.24, 2.45) is 0 Å². The third-order valence-electron chi connectivity index (χ3n) is 0.825. The van der Waals surface area contributed by atoms with Gasteiger partial charge in [-0.15, -0.1) is 5.10 Å². The molecule has 1 heterocycles. The molecule has 0 aliphatic heterocycles. The molecule has 11 heavy (non-hydrogen) atoms. The summed E-state index contributed by atoms with van der Waals surface area (Å²) >= 11 is 0. The summed E-state index contributed by atoms with van der Waals surface area (Å²) in [7, 11) is 0. The Kier molecular flexibility index (Phi) is 5.92. The van der Waals surface area contributed by atoms with Crippen LogP contribution in [-0.2, 0) is 0 Å². The molecule has 0 saturated carbocycles. The summed E-state index contributed by atoms with van der Waals surface area (Å²) in [6.07, 6.45) is 1.63. The van der Waals surface area contributed by atoms with E-state index in [4.69, 9.17) is 0 Å². The molecule has 2 nitrogen and oxygen atoms in total. The molecular formula is C9H12N2. The summed E-state index contributed by atoms with van der Waals surface area (Å²) in [6, 6.07) is 3.64. The second-order valence-corrected chi connectivity index (χ2v) is 1.48. The molecule has 58 valence electrons. The summed E-state index contributed by atoms with van der Waals surface area (Å²) in [6.45, 7) is 5.77. The standard InChI is InChI=1S/C7H6N2.C2H6/c1-2-4-7-5-3-6-8-9-7;1-2/h3,5-6H,1H3;1-2H3. The first-order chi connectivity index (χ1) is 5.43. The highest BCUT2D eigenvalue weighted by Gasteiger charge is 1.80. The van der Waals surface area contributed by atoms with Crippen LogP contribution in [-0.4, -0.2) is 10.2 Å². The Morgan fingerprint density at radius 1 is 1.36 bits per heavy atom. The zero-order valence-corrected chi connectivity index (χ0v) is 7.13. The second-order valence-electron chi connectivity index (χ2n) is 1.48. The van der Waals surface area contributed by atoms with Crippen molar-refractivity contribution in [2.75, 3.05) is 0 Å². The van der Waals surface area contributed by atoms with E-state index in [1.807, 2.05) is 26.0 Å². The minimum Gasteiger partial charge on any atom is -0.158 e. The molecule has 0 radical (unpaired) electrons. The molecule has 0 N–H and O–H groups in total. The lowest BCUT2D eigenvalue weighted by Crippen LogP contribution is -1.82. The van der Waals surface area contributed by atoms with Crippen molar-refractivity contribution in [1.29, 1.82) is 0 Å². The first-order valence-electron chi connectivity index (χ1n) is 3.64. The van der Waals surface area contributed by atoms with Crippen molar-refractivity contribution >= 4 is 0 Å². The van der Waals surface area contributed by atoms with E-state index in [1.54, 1.807) is 13.1 Å². The van der Waals surface area contributed by atoms with Gasteiger partial charge in [0.2, 0.25) is 0 Å².